The van der Waals surface area contributed by atoms with Gasteiger partial charge in [0.05, 0.1) is 12.2 Å². The number of carbonyl (C=O) groups excluding carboxylic acids is 1. The molecule has 3 aromatic rings. The fourth-order valence-electron chi connectivity index (χ4n) is 2.38. The van der Waals surface area contributed by atoms with Gasteiger partial charge < -0.3 is 5.32 Å². The molecule has 23 heavy (non-hydrogen) atoms. The second-order valence-electron chi connectivity index (χ2n) is 5.32. The minimum Gasteiger partial charge on any atom is -0.340 e. The molecule has 0 saturated heterocycles. The molecule has 1 N–H and O–H groups in total. The molecule has 1 aromatic heterocycles. The normalized spacial score (nSPS) is 11.7. The van der Waals surface area contributed by atoms with Crippen LogP contribution in [0.5, 0.6) is 0 Å². The number of aromatic nitrogens is 2. The Balaban J connectivity index is 1.93. The van der Waals surface area contributed by atoms with Gasteiger partial charge in [-0.2, -0.15) is 0 Å². The van der Waals surface area contributed by atoms with Crippen LogP contribution < -0.4 is 5.32 Å². The number of hydrogen-bond donors (Lipinski definition) is 1. The molecule has 1 heterocycles. The van der Waals surface area contributed by atoms with Crippen molar-refractivity contribution in [2.24, 2.45) is 0 Å². The fraction of sp³-hybridized carbons (Fsp3) is 0.105. The number of aryl methyl sites for hydroxylation is 1. The number of rotatable bonds is 4. The highest BCUT2D eigenvalue weighted by Crippen LogP contribution is 2.22. The van der Waals surface area contributed by atoms with Crippen molar-refractivity contribution in [1.82, 2.24) is 15.3 Å². The summed E-state index contributed by atoms with van der Waals surface area (Å²) in [7, 11) is 0. The summed E-state index contributed by atoms with van der Waals surface area (Å²) < 4.78 is 0. The van der Waals surface area contributed by atoms with Crippen LogP contribution in [-0.4, -0.2) is 15.9 Å². The number of nitrogens with one attached hydrogen (secondary N) is 1. The van der Waals surface area contributed by atoms with Crippen LogP contribution in [0.15, 0.2) is 73.2 Å². The lowest BCUT2D eigenvalue weighted by molar-refractivity contribution is 0.0937. The molecule has 0 aliphatic carbocycles. The Bertz CT molecular complexity index is 771. The standard InChI is InChI=1S/C19H17N3O/c1-14-7-9-16(10-8-14)18(15-5-3-2-4-6-15)22-19(23)17-13-20-11-12-21-17/h2-13,18H,1H3,(H,22,23)/t18-/m1/s1. The highest BCUT2D eigenvalue weighted by Gasteiger charge is 2.18. The quantitative estimate of drug-likeness (QED) is 0.804. The Morgan fingerprint density at radius 3 is 2.30 bits per heavy atom. The smallest absolute Gasteiger partial charge is 0.272 e. The average molecular weight is 303 g/mol. The lowest BCUT2D eigenvalue weighted by Gasteiger charge is -2.20. The van der Waals surface area contributed by atoms with Gasteiger partial charge in [-0.05, 0) is 18.1 Å². The Hall–Kier alpha value is -3.01. The van der Waals surface area contributed by atoms with E-state index in [0.29, 0.717) is 5.69 Å². The summed E-state index contributed by atoms with van der Waals surface area (Å²) in [6, 6.07) is 17.8. The van der Waals surface area contributed by atoms with Gasteiger partial charge in [0.15, 0.2) is 0 Å². The van der Waals surface area contributed by atoms with Gasteiger partial charge in [0.1, 0.15) is 5.69 Å². The zero-order valence-corrected chi connectivity index (χ0v) is 12.8. The van der Waals surface area contributed by atoms with Crippen LogP contribution in [0, 0.1) is 6.92 Å². The van der Waals surface area contributed by atoms with E-state index in [1.54, 1.807) is 6.20 Å². The molecule has 0 aliphatic rings. The van der Waals surface area contributed by atoms with Gasteiger partial charge in [-0.1, -0.05) is 60.2 Å². The molecule has 1 amide bonds. The van der Waals surface area contributed by atoms with Crippen LogP contribution in [0.3, 0.4) is 0 Å². The van der Waals surface area contributed by atoms with E-state index in [1.165, 1.54) is 18.0 Å². The van der Waals surface area contributed by atoms with Gasteiger partial charge in [0.2, 0.25) is 0 Å². The van der Waals surface area contributed by atoms with E-state index in [-0.39, 0.29) is 11.9 Å². The molecule has 2 aromatic carbocycles. The van der Waals surface area contributed by atoms with Crippen LogP contribution in [0.1, 0.15) is 33.2 Å². The summed E-state index contributed by atoms with van der Waals surface area (Å²) >= 11 is 0. The zero-order chi connectivity index (χ0) is 16.1. The molecular formula is C19H17N3O. The van der Waals surface area contributed by atoms with Crippen LogP contribution in [0.2, 0.25) is 0 Å². The molecule has 0 saturated carbocycles. The highest BCUT2D eigenvalue weighted by molar-refractivity contribution is 5.92. The molecule has 0 spiro atoms. The maximum absolute atomic E-state index is 12.5. The summed E-state index contributed by atoms with van der Waals surface area (Å²) in [6.07, 6.45) is 4.52. The minimum absolute atomic E-state index is 0.230. The van der Waals surface area contributed by atoms with Gasteiger partial charge in [0, 0.05) is 12.4 Å². The zero-order valence-electron chi connectivity index (χ0n) is 12.8. The van der Waals surface area contributed by atoms with E-state index in [9.17, 15) is 4.79 Å². The third-order valence-electron chi connectivity index (χ3n) is 3.61. The maximum atomic E-state index is 12.5. The van der Waals surface area contributed by atoms with Crippen molar-refractivity contribution < 1.29 is 4.79 Å². The van der Waals surface area contributed by atoms with Crippen molar-refractivity contribution in [1.29, 1.82) is 0 Å². The average Bonchev–Trinajstić information content (AvgIpc) is 2.62. The summed E-state index contributed by atoms with van der Waals surface area (Å²) in [4.78, 5) is 20.5. The molecule has 114 valence electrons. The number of hydrogen-bond acceptors (Lipinski definition) is 3. The molecule has 4 nitrogen and oxygen atoms in total. The van der Waals surface area contributed by atoms with Gasteiger partial charge in [-0.3, -0.25) is 9.78 Å². The molecule has 0 unspecified atom stereocenters. The lowest BCUT2D eigenvalue weighted by atomic mass is 9.97. The van der Waals surface area contributed by atoms with Gasteiger partial charge in [0.25, 0.3) is 5.91 Å². The number of amides is 1. The van der Waals surface area contributed by atoms with E-state index in [1.807, 2.05) is 61.5 Å². The van der Waals surface area contributed by atoms with Crippen LogP contribution >= 0.6 is 0 Å². The van der Waals surface area contributed by atoms with Crippen molar-refractivity contribution in [2.45, 2.75) is 13.0 Å². The monoisotopic (exact) mass is 303 g/mol. The van der Waals surface area contributed by atoms with Crippen molar-refractivity contribution in [3.05, 3.63) is 95.6 Å². The lowest BCUT2D eigenvalue weighted by Crippen LogP contribution is -2.30. The fourth-order valence-corrected chi connectivity index (χ4v) is 2.38. The Labute approximate surface area is 135 Å². The van der Waals surface area contributed by atoms with E-state index >= 15 is 0 Å². The first-order valence-corrected chi connectivity index (χ1v) is 7.42. The third kappa shape index (κ3) is 3.61. The predicted octanol–water partition coefficient (Wildman–Crippen LogP) is 3.30. The summed E-state index contributed by atoms with van der Waals surface area (Å²) in [6.45, 7) is 2.04. The van der Waals surface area contributed by atoms with Crippen LogP contribution in [0.4, 0.5) is 0 Å². The second kappa shape index (κ2) is 6.83. The number of carbonyl (C=O) groups is 1. The molecule has 4 heteroatoms. The molecule has 1 atom stereocenters. The van der Waals surface area contributed by atoms with E-state index in [0.717, 1.165) is 11.1 Å². The van der Waals surface area contributed by atoms with Crippen molar-refractivity contribution in [2.75, 3.05) is 0 Å². The number of nitrogens with zero attached hydrogens (tertiary/aromatic N) is 2. The van der Waals surface area contributed by atoms with Crippen molar-refractivity contribution in [3.63, 3.8) is 0 Å². The summed E-state index contributed by atoms with van der Waals surface area (Å²) in [5, 5.41) is 3.04. The topological polar surface area (TPSA) is 54.9 Å². The predicted molar refractivity (Wildman–Crippen MR) is 89.0 cm³/mol. The van der Waals surface area contributed by atoms with Crippen LogP contribution in [0.25, 0.3) is 0 Å². The van der Waals surface area contributed by atoms with E-state index in [2.05, 4.69) is 15.3 Å². The van der Waals surface area contributed by atoms with Crippen molar-refractivity contribution in [3.8, 4) is 0 Å². The first-order valence-electron chi connectivity index (χ1n) is 7.42. The first kappa shape index (κ1) is 14.9. The summed E-state index contributed by atoms with van der Waals surface area (Å²) in [5.41, 5.74) is 3.54. The van der Waals surface area contributed by atoms with Gasteiger partial charge in [-0.15, -0.1) is 0 Å². The van der Waals surface area contributed by atoms with Gasteiger partial charge >= 0.3 is 0 Å². The molecule has 0 bridgehead atoms. The molecule has 0 radical (unpaired) electrons. The molecule has 3 rings (SSSR count). The molecular weight excluding hydrogens is 286 g/mol. The van der Waals surface area contributed by atoms with Crippen LogP contribution in [-0.2, 0) is 0 Å². The van der Waals surface area contributed by atoms with E-state index in [4.69, 9.17) is 0 Å². The molecule has 0 aliphatic heterocycles. The SMILES string of the molecule is Cc1ccc([C@H](NC(=O)c2cnccn2)c2ccccc2)cc1. The summed E-state index contributed by atoms with van der Waals surface area (Å²) in [5.74, 6) is -0.243. The Kier molecular flexibility index (Phi) is 4.43. The molecule has 0 fully saturated rings. The Morgan fingerprint density at radius 1 is 0.957 bits per heavy atom. The maximum Gasteiger partial charge on any atom is 0.272 e. The van der Waals surface area contributed by atoms with E-state index < -0.39 is 0 Å². The van der Waals surface area contributed by atoms with Gasteiger partial charge in [-0.25, -0.2) is 4.98 Å². The largest absolute Gasteiger partial charge is 0.340 e. The first-order chi connectivity index (χ1) is 11.2. The number of benzene rings is 2. The third-order valence-corrected chi connectivity index (χ3v) is 3.61. The minimum atomic E-state index is -0.243. The highest BCUT2D eigenvalue weighted by atomic mass is 16.1. The van der Waals surface area contributed by atoms with Crippen molar-refractivity contribution >= 4 is 5.91 Å². The Morgan fingerprint density at radius 2 is 1.65 bits per heavy atom. The second-order valence-corrected chi connectivity index (χ2v) is 5.32.